The Labute approximate surface area is 144 Å². The molecule has 1 aromatic heterocycles. The van der Waals surface area contributed by atoms with E-state index in [9.17, 15) is 0 Å². The van der Waals surface area contributed by atoms with Crippen molar-refractivity contribution in [1.82, 2.24) is 14.9 Å². The lowest BCUT2D eigenvalue weighted by Gasteiger charge is -2.43. The molecule has 0 aromatic carbocycles. The maximum absolute atomic E-state index is 9.00. The van der Waals surface area contributed by atoms with Crippen LogP contribution in [0, 0.1) is 13.8 Å². The van der Waals surface area contributed by atoms with Crippen LogP contribution in [0.1, 0.15) is 42.9 Å². The summed E-state index contributed by atoms with van der Waals surface area (Å²) >= 11 is 0. The topological polar surface area (TPSA) is 67.7 Å². The number of rotatable bonds is 6. The van der Waals surface area contributed by atoms with E-state index in [1.807, 2.05) is 27.0 Å². The van der Waals surface area contributed by atoms with E-state index in [0.717, 1.165) is 56.0 Å². The van der Waals surface area contributed by atoms with Crippen molar-refractivity contribution in [2.45, 2.75) is 63.8 Å². The van der Waals surface area contributed by atoms with Crippen LogP contribution >= 0.6 is 0 Å². The van der Waals surface area contributed by atoms with Crippen LogP contribution in [0.15, 0.2) is 6.07 Å². The van der Waals surface area contributed by atoms with Gasteiger partial charge in [-0.3, -0.25) is 4.90 Å². The van der Waals surface area contributed by atoms with E-state index in [-0.39, 0.29) is 18.3 Å². The predicted molar refractivity (Wildman–Crippen MR) is 90.7 cm³/mol. The van der Waals surface area contributed by atoms with Crippen LogP contribution in [0.25, 0.3) is 0 Å². The van der Waals surface area contributed by atoms with Crippen molar-refractivity contribution in [1.29, 1.82) is 0 Å². The number of hydrogen-bond donors (Lipinski definition) is 1. The van der Waals surface area contributed by atoms with Crippen molar-refractivity contribution in [3.05, 3.63) is 23.3 Å². The third-order valence-electron chi connectivity index (χ3n) is 5.47. The summed E-state index contributed by atoms with van der Waals surface area (Å²) < 4.78 is 11.8. The standard InChI is InChI=1S/C18H29N3O3/c1-13-10-14(2)20-17(19-13)12-21-7-6-18(23-3)5-4-15(11-16(18)21)24-9-8-22/h10,15-16,22H,4-9,11-12H2,1-3H3/t15-,16-,18+/m0/s1. The number of fused-ring (bicyclic) bond motifs is 1. The first kappa shape index (κ1) is 17.7. The first-order chi connectivity index (χ1) is 11.6. The SMILES string of the molecule is CO[C@@]12CC[C@H](OCCO)C[C@@H]1N(Cc1nc(C)cc(C)n1)CC2. The second-order valence-corrected chi connectivity index (χ2v) is 7.06. The third kappa shape index (κ3) is 3.61. The Bertz CT molecular complexity index is 548. The van der Waals surface area contributed by atoms with Gasteiger partial charge < -0.3 is 14.6 Å². The highest BCUT2D eigenvalue weighted by atomic mass is 16.5. The Morgan fingerprint density at radius 2 is 2.04 bits per heavy atom. The van der Waals surface area contributed by atoms with Gasteiger partial charge in [-0.25, -0.2) is 9.97 Å². The van der Waals surface area contributed by atoms with E-state index in [4.69, 9.17) is 14.6 Å². The van der Waals surface area contributed by atoms with E-state index < -0.39 is 0 Å². The lowest BCUT2D eigenvalue weighted by Crippen LogP contribution is -2.51. The van der Waals surface area contributed by atoms with Gasteiger partial charge in [-0.05, 0) is 45.6 Å². The fourth-order valence-corrected chi connectivity index (χ4v) is 4.37. The number of aromatic nitrogens is 2. The molecule has 0 bridgehead atoms. The fourth-order valence-electron chi connectivity index (χ4n) is 4.37. The van der Waals surface area contributed by atoms with Crippen molar-refractivity contribution < 1.29 is 14.6 Å². The summed E-state index contributed by atoms with van der Waals surface area (Å²) in [7, 11) is 1.83. The van der Waals surface area contributed by atoms with E-state index >= 15 is 0 Å². The van der Waals surface area contributed by atoms with E-state index in [1.54, 1.807) is 0 Å². The van der Waals surface area contributed by atoms with Crippen LogP contribution in [-0.2, 0) is 16.0 Å². The van der Waals surface area contributed by atoms with Crippen molar-refractivity contribution in [2.75, 3.05) is 26.9 Å². The second-order valence-electron chi connectivity index (χ2n) is 7.06. The summed E-state index contributed by atoms with van der Waals surface area (Å²) in [5.74, 6) is 0.887. The maximum Gasteiger partial charge on any atom is 0.142 e. The van der Waals surface area contributed by atoms with Gasteiger partial charge in [0.05, 0.1) is 31.5 Å². The smallest absolute Gasteiger partial charge is 0.142 e. The lowest BCUT2D eigenvalue weighted by atomic mass is 9.79. The van der Waals surface area contributed by atoms with Gasteiger partial charge in [-0.15, -0.1) is 0 Å². The molecule has 3 rings (SSSR count). The summed E-state index contributed by atoms with van der Waals surface area (Å²) in [6.45, 7) is 6.28. The highest BCUT2D eigenvalue weighted by molar-refractivity contribution is 5.10. The number of ether oxygens (including phenoxy) is 2. The molecule has 2 aliphatic rings. The average Bonchev–Trinajstić information content (AvgIpc) is 2.90. The summed E-state index contributed by atoms with van der Waals surface area (Å²) in [5, 5.41) is 9.00. The number of hydrogen-bond acceptors (Lipinski definition) is 6. The molecule has 0 unspecified atom stereocenters. The summed E-state index contributed by atoms with van der Waals surface area (Å²) in [6, 6.07) is 2.33. The van der Waals surface area contributed by atoms with Gasteiger partial charge in [0, 0.05) is 31.1 Å². The van der Waals surface area contributed by atoms with Gasteiger partial charge in [0.2, 0.25) is 0 Å². The van der Waals surface area contributed by atoms with Crippen LogP contribution in [0.4, 0.5) is 0 Å². The summed E-state index contributed by atoms with van der Waals surface area (Å²) in [5.41, 5.74) is 1.96. The summed E-state index contributed by atoms with van der Waals surface area (Å²) in [6.07, 6.45) is 4.20. The van der Waals surface area contributed by atoms with Gasteiger partial charge in [-0.2, -0.15) is 0 Å². The molecular weight excluding hydrogens is 306 g/mol. The fraction of sp³-hybridized carbons (Fsp3) is 0.778. The average molecular weight is 335 g/mol. The highest BCUT2D eigenvalue weighted by Crippen LogP contribution is 2.43. The number of aliphatic hydroxyl groups is 1. The van der Waals surface area contributed by atoms with Crippen LogP contribution in [-0.4, -0.2) is 64.6 Å². The largest absolute Gasteiger partial charge is 0.394 e. The number of aliphatic hydroxyl groups excluding tert-OH is 1. The van der Waals surface area contributed by atoms with Crippen LogP contribution in [0.5, 0.6) is 0 Å². The molecular formula is C18H29N3O3. The van der Waals surface area contributed by atoms with Gasteiger partial charge in [0.25, 0.3) is 0 Å². The van der Waals surface area contributed by atoms with Gasteiger partial charge >= 0.3 is 0 Å². The molecule has 2 fully saturated rings. The molecule has 0 radical (unpaired) electrons. The second kappa shape index (κ2) is 7.44. The molecule has 134 valence electrons. The molecule has 6 nitrogen and oxygen atoms in total. The molecule has 1 aromatic rings. The van der Waals surface area contributed by atoms with E-state index in [1.165, 1.54) is 0 Å². The third-order valence-corrected chi connectivity index (χ3v) is 5.47. The summed E-state index contributed by atoms with van der Waals surface area (Å²) in [4.78, 5) is 11.6. The van der Waals surface area contributed by atoms with Crippen LogP contribution < -0.4 is 0 Å². The molecule has 1 aliphatic carbocycles. The van der Waals surface area contributed by atoms with E-state index in [2.05, 4.69) is 14.9 Å². The minimum atomic E-state index is -0.0715. The van der Waals surface area contributed by atoms with E-state index in [0.29, 0.717) is 12.6 Å². The zero-order chi connectivity index (χ0) is 17.2. The first-order valence-corrected chi connectivity index (χ1v) is 8.89. The molecule has 3 atom stereocenters. The maximum atomic E-state index is 9.00. The number of nitrogens with zero attached hydrogens (tertiary/aromatic N) is 3. The number of likely N-dealkylation sites (tertiary alicyclic amines) is 1. The Hall–Kier alpha value is -1.08. The molecule has 1 aliphatic heterocycles. The zero-order valence-electron chi connectivity index (χ0n) is 15.0. The molecule has 2 heterocycles. The lowest BCUT2D eigenvalue weighted by molar-refractivity contribution is -0.104. The first-order valence-electron chi connectivity index (χ1n) is 8.89. The molecule has 1 saturated carbocycles. The number of methoxy groups -OCH3 is 1. The minimum absolute atomic E-state index is 0.0715. The van der Waals surface area contributed by atoms with Crippen molar-refractivity contribution in [3.8, 4) is 0 Å². The van der Waals surface area contributed by atoms with Crippen LogP contribution in [0.2, 0.25) is 0 Å². The molecule has 0 spiro atoms. The normalized spacial score (nSPS) is 30.5. The van der Waals surface area contributed by atoms with Crippen molar-refractivity contribution >= 4 is 0 Å². The quantitative estimate of drug-likeness (QED) is 0.852. The molecule has 6 heteroatoms. The Kier molecular flexibility index (Phi) is 5.49. The van der Waals surface area contributed by atoms with Gasteiger partial charge in [0.1, 0.15) is 5.82 Å². The Morgan fingerprint density at radius 3 is 2.71 bits per heavy atom. The predicted octanol–water partition coefficient (Wildman–Crippen LogP) is 1.61. The van der Waals surface area contributed by atoms with Gasteiger partial charge in [0.15, 0.2) is 0 Å². The Balaban J connectivity index is 1.73. The van der Waals surface area contributed by atoms with Crippen molar-refractivity contribution in [3.63, 3.8) is 0 Å². The monoisotopic (exact) mass is 335 g/mol. The van der Waals surface area contributed by atoms with Crippen molar-refractivity contribution in [2.24, 2.45) is 0 Å². The Morgan fingerprint density at radius 1 is 1.29 bits per heavy atom. The zero-order valence-corrected chi connectivity index (χ0v) is 15.0. The number of aryl methyl sites for hydroxylation is 2. The highest BCUT2D eigenvalue weighted by Gasteiger charge is 2.51. The molecule has 1 N–H and O–H groups in total. The molecule has 24 heavy (non-hydrogen) atoms. The van der Waals surface area contributed by atoms with Crippen LogP contribution in [0.3, 0.4) is 0 Å². The van der Waals surface area contributed by atoms with Gasteiger partial charge in [-0.1, -0.05) is 0 Å². The molecule has 0 amide bonds. The minimum Gasteiger partial charge on any atom is -0.394 e. The molecule has 1 saturated heterocycles.